The number of esters is 2. The summed E-state index contributed by atoms with van der Waals surface area (Å²) in [6.07, 6.45) is 2.35. The van der Waals surface area contributed by atoms with Gasteiger partial charge < -0.3 is 19.1 Å². The normalized spacial score (nSPS) is 11.5. The van der Waals surface area contributed by atoms with Crippen LogP contribution in [0.15, 0.2) is 68.6 Å². The van der Waals surface area contributed by atoms with E-state index in [1.807, 2.05) is 48.5 Å². The van der Waals surface area contributed by atoms with Crippen molar-refractivity contribution in [2.75, 3.05) is 14.2 Å². The summed E-state index contributed by atoms with van der Waals surface area (Å²) in [4.78, 5) is 56.9. The maximum atomic E-state index is 11.4. The number of carbonyl (C=O) groups is 4. The first kappa shape index (κ1) is 31.2. The molecule has 11 heteroatoms. The third-order valence-corrected chi connectivity index (χ3v) is 6.24. The van der Waals surface area contributed by atoms with Crippen LogP contribution in [0.5, 0.6) is 0 Å². The molecule has 0 aliphatic heterocycles. The standard InChI is InChI=1S/C28H32N2O8S/c1-19(31)37-29-25(7-5-9-27(33)35-3)21-11-15-23(16-12-21)39-24-17-13-22(14-18-24)26(30-38-20(2)32)8-6-10-28(34)36-4/h11-18H,5-10H2,1-4H3/b29-25+,30-26+. The van der Waals surface area contributed by atoms with Gasteiger partial charge in [-0.3, -0.25) is 9.59 Å². The third kappa shape index (κ3) is 11.9. The van der Waals surface area contributed by atoms with E-state index < -0.39 is 11.9 Å². The number of oxime groups is 2. The van der Waals surface area contributed by atoms with E-state index in [0.29, 0.717) is 37.1 Å². The molecule has 0 fully saturated rings. The number of nitrogens with zero attached hydrogens (tertiary/aromatic N) is 2. The fraction of sp³-hybridized carbons (Fsp3) is 0.357. The van der Waals surface area contributed by atoms with Crippen LogP contribution in [0.1, 0.15) is 63.5 Å². The largest absolute Gasteiger partial charge is 0.469 e. The Labute approximate surface area is 231 Å². The highest BCUT2D eigenvalue weighted by Gasteiger charge is 2.11. The Hall–Kier alpha value is -3.99. The lowest BCUT2D eigenvalue weighted by Crippen LogP contribution is -2.07. The number of hydrogen-bond acceptors (Lipinski definition) is 11. The van der Waals surface area contributed by atoms with Crippen LogP contribution < -0.4 is 0 Å². The van der Waals surface area contributed by atoms with Crippen LogP contribution in [-0.4, -0.2) is 49.5 Å². The average Bonchev–Trinajstić information content (AvgIpc) is 2.93. The van der Waals surface area contributed by atoms with Gasteiger partial charge in [0.25, 0.3) is 0 Å². The van der Waals surface area contributed by atoms with Gasteiger partial charge in [0, 0.05) is 36.5 Å². The van der Waals surface area contributed by atoms with Crippen LogP contribution >= 0.6 is 11.8 Å². The van der Waals surface area contributed by atoms with Crippen LogP contribution in [0.2, 0.25) is 0 Å². The summed E-state index contributed by atoms with van der Waals surface area (Å²) >= 11 is 1.54. The molecule has 2 aromatic rings. The third-order valence-electron chi connectivity index (χ3n) is 5.22. The van der Waals surface area contributed by atoms with E-state index >= 15 is 0 Å². The Morgan fingerprint density at radius 1 is 0.615 bits per heavy atom. The first-order valence-electron chi connectivity index (χ1n) is 12.2. The Morgan fingerprint density at radius 2 is 0.974 bits per heavy atom. The maximum Gasteiger partial charge on any atom is 0.331 e. The molecule has 0 spiro atoms. The molecule has 0 amide bonds. The van der Waals surface area contributed by atoms with Crippen molar-refractivity contribution >= 4 is 47.1 Å². The minimum atomic E-state index is -0.527. The van der Waals surface area contributed by atoms with Crippen molar-refractivity contribution in [2.24, 2.45) is 10.3 Å². The van der Waals surface area contributed by atoms with E-state index in [4.69, 9.17) is 9.68 Å². The van der Waals surface area contributed by atoms with Gasteiger partial charge in [0.1, 0.15) is 0 Å². The van der Waals surface area contributed by atoms with Gasteiger partial charge in [0.05, 0.1) is 25.6 Å². The SMILES string of the molecule is COC(=O)CCC/C(=N\OC(C)=O)c1ccc(Sc2ccc(/C(CCCC(=O)OC)=N/OC(C)=O)cc2)cc1. The molecule has 2 aromatic carbocycles. The molecule has 0 unspecified atom stereocenters. The van der Waals surface area contributed by atoms with Gasteiger partial charge in [-0.2, -0.15) is 0 Å². The van der Waals surface area contributed by atoms with Gasteiger partial charge in [-0.25, -0.2) is 9.59 Å². The predicted octanol–water partition coefficient (Wildman–Crippen LogP) is 5.06. The zero-order chi connectivity index (χ0) is 28.6. The maximum absolute atomic E-state index is 11.4. The summed E-state index contributed by atoms with van der Waals surface area (Å²) in [7, 11) is 2.67. The van der Waals surface area contributed by atoms with Crippen molar-refractivity contribution in [3.05, 3.63) is 59.7 Å². The molecule has 0 aliphatic carbocycles. The molecule has 0 heterocycles. The monoisotopic (exact) mass is 556 g/mol. The fourth-order valence-electron chi connectivity index (χ4n) is 3.30. The van der Waals surface area contributed by atoms with Crippen molar-refractivity contribution < 1.29 is 38.3 Å². The fourth-order valence-corrected chi connectivity index (χ4v) is 4.11. The second-order valence-corrected chi connectivity index (χ2v) is 9.40. The molecule has 39 heavy (non-hydrogen) atoms. The van der Waals surface area contributed by atoms with Crippen LogP contribution in [0, 0.1) is 0 Å². The first-order chi connectivity index (χ1) is 18.7. The number of hydrogen-bond donors (Lipinski definition) is 0. The van der Waals surface area contributed by atoms with Crippen molar-refractivity contribution in [1.82, 2.24) is 0 Å². The summed E-state index contributed by atoms with van der Waals surface area (Å²) in [5.74, 6) is -1.68. The van der Waals surface area contributed by atoms with Crippen molar-refractivity contribution in [3.63, 3.8) is 0 Å². The summed E-state index contributed by atoms with van der Waals surface area (Å²) in [6, 6.07) is 15.2. The Balaban J connectivity index is 2.09. The molecule has 0 radical (unpaired) electrons. The van der Waals surface area contributed by atoms with Gasteiger partial charge >= 0.3 is 23.9 Å². The van der Waals surface area contributed by atoms with Crippen LogP contribution in [0.4, 0.5) is 0 Å². The molecule has 2 rings (SSSR count). The zero-order valence-corrected chi connectivity index (χ0v) is 23.2. The number of carbonyl (C=O) groups excluding carboxylic acids is 4. The Kier molecular flexibility index (Phi) is 13.4. The number of ether oxygens (including phenoxy) is 2. The highest BCUT2D eigenvalue weighted by atomic mass is 32.2. The second-order valence-electron chi connectivity index (χ2n) is 8.25. The van der Waals surface area contributed by atoms with E-state index in [1.54, 1.807) is 11.8 Å². The van der Waals surface area contributed by atoms with Crippen molar-refractivity contribution in [2.45, 2.75) is 62.2 Å². The van der Waals surface area contributed by atoms with Crippen LogP contribution in [0.25, 0.3) is 0 Å². The first-order valence-corrected chi connectivity index (χ1v) is 13.0. The number of methoxy groups -OCH3 is 2. The molecule has 0 N–H and O–H groups in total. The predicted molar refractivity (Wildman–Crippen MR) is 145 cm³/mol. The van der Waals surface area contributed by atoms with Crippen LogP contribution in [-0.2, 0) is 38.3 Å². The second kappa shape index (κ2) is 16.8. The summed E-state index contributed by atoms with van der Waals surface area (Å²) < 4.78 is 9.34. The Bertz CT molecular complexity index is 1100. The number of rotatable bonds is 14. The average molecular weight is 557 g/mol. The van der Waals surface area contributed by atoms with Crippen molar-refractivity contribution in [1.29, 1.82) is 0 Å². The van der Waals surface area contributed by atoms with E-state index in [1.165, 1.54) is 28.1 Å². The topological polar surface area (TPSA) is 130 Å². The zero-order valence-electron chi connectivity index (χ0n) is 22.4. The molecule has 0 saturated heterocycles. The lowest BCUT2D eigenvalue weighted by atomic mass is 10.0. The smallest absolute Gasteiger partial charge is 0.331 e. The minimum absolute atomic E-state index is 0.234. The molecule has 10 nitrogen and oxygen atoms in total. The van der Waals surface area contributed by atoms with E-state index in [2.05, 4.69) is 19.8 Å². The summed E-state index contributed by atoms with van der Waals surface area (Å²) in [6.45, 7) is 2.54. The molecular formula is C28H32N2O8S. The molecule has 0 bridgehead atoms. The highest BCUT2D eigenvalue weighted by molar-refractivity contribution is 7.99. The van der Waals surface area contributed by atoms with Gasteiger partial charge in [0.2, 0.25) is 0 Å². The molecule has 0 aliphatic rings. The lowest BCUT2D eigenvalue weighted by molar-refractivity contribution is -0.142. The molecule has 0 atom stereocenters. The minimum Gasteiger partial charge on any atom is -0.469 e. The lowest BCUT2D eigenvalue weighted by Gasteiger charge is -2.09. The van der Waals surface area contributed by atoms with Crippen molar-refractivity contribution in [3.8, 4) is 0 Å². The van der Waals surface area contributed by atoms with Gasteiger partial charge in [0.15, 0.2) is 0 Å². The van der Waals surface area contributed by atoms with Crippen LogP contribution in [0.3, 0.4) is 0 Å². The van der Waals surface area contributed by atoms with Gasteiger partial charge in [-0.1, -0.05) is 46.3 Å². The quantitative estimate of drug-likeness (QED) is 0.136. The van der Waals surface area contributed by atoms with Gasteiger partial charge in [-0.15, -0.1) is 0 Å². The molecule has 0 saturated carbocycles. The summed E-state index contributed by atoms with van der Waals surface area (Å²) in [5.41, 5.74) is 2.67. The number of benzene rings is 2. The van der Waals surface area contributed by atoms with Gasteiger partial charge in [-0.05, 0) is 61.1 Å². The highest BCUT2D eigenvalue weighted by Crippen LogP contribution is 2.29. The molecule has 0 aromatic heterocycles. The summed E-state index contributed by atoms with van der Waals surface area (Å²) in [5, 5.41) is 7.92. The van der Waals surface area contributed by atoms with E-state index in [0.717, 1.165) is 20.9 Å². The molecule has 208 valence electrons. The molecular weight excluding hydrogens is 524 g/mol. The Morgan fingerprint density at radius 3 is 1.28 bits per heavy atom. The van der Waals surface area contributed by atoms with E-state index in [9.17, 15) is 19.2 Å². The van der Waals surface area contributed by atoms with E-state index in [-0.39, 0.29) is 24.8 Å².